The molecule has 0 aliphatic carbocycles. The first kappa shape index (κ1) is 17.2. The Morgan fingerprint density at radius 2 is 2.13 bits per heavy atom. The van der Waals surface area contributed by atoms with Crippen LogP contribution in [-0.2, 0) is 11.3 Å². The fraction of sp³-hybridized carbons (Fsp3) is 0.312. The number of benzene rings is 1. The number of carbonyl (C=O) groups excluding carboxylic acids is 1. The second kappa shape index (κ2) is 7.92. The Bertz CT molecular complexity index is 675. The summed E-state index contributed by atoms with van der Waals surface area (Å²) < 4.78 is 13.2. The first-order valence-corrected chi connectivity index (χ1v) is 8.22. The molecule has 0 atom stereocenters. The highest BCUT2D eigenvalue weighted by atomic mass is 32.2. The fourth-order valence-corrected chi connectivity index (χ4v) is 2.89. The van der Waals surface area contributed by atoms with Crippen LogP contribution in [0.2, 0.25) is 0 Å². The summed E-state index contributed by atoms with van der Waals surface area (Å²) in [4.78, 5) is 22.3. The van der Waals surface area contributed by atoms with Crippen LogP contribution in [0.4, 0.5) is 10.2 Å². The Kier molecular flexibility index (Phi) is 5.92. The topological polar surface area (TPSA) is 72.1 Å². The molecule has 0 unspecified atom stereocenters. The number of thioether (sulfide) groups is 1. The molecule has 0 saturated carbocycles. The van der Waals surface area contributed by atoms with Gasteiger partial charge in [0.1, 0.15) is 11.6 Å². The van der Waals surface area contributed by atoms with Gasteiger partial charge in [-0.25, -0.2) is 14.4 Å². The van der Waals surface area contributed by atoms with Crippen LogP contribution in [0.1, 0.15) is 18.2 Å². The van der Waals surface area contributed by atoms with Gasteiger partial charge in [0.05, 0.1) is 5.75 Å². The number of nitrogens with zero attached hydrogens (tertiary/aromatic N) is 3. The lowest BCUT2D eigenvalue weighted by molar-refractivity contribution is -0.128. The monoisotopic (exact) mass is 334 g/mol. The van der Waals surface area contributed by atoms with Crippen molar-refractivity contribution in [1.82, 2.24) is 14.9 Å². The van der Waals surface area contributed by atoms with E-state index in [1.165, 1.54) is 23.9 Å². The highest BCUT2D eigenvalue weighted by molar-refractivity contribution is 7.99. The fourth-order valence-electron chi connectivity index (χ4n) is 2.08. The number of carbonyl (C=O) groups is 1. The average molecular weight is 334 g/mol. The van der Waals surface area contributed by atoms with Crippen molar-refractivity contribution in [1.29, 1.82) is 0 Å². The predicted molar refractivity (Wildman–Crippen MR) is 89.4 cm³/mol. The van der Waals surface area contributed by atoms with Crippen LogP contribution in [0.25, 0.3) is 0 Å². The maximum atomic E-state index is 13.2. The molecular formula is C16H19FN4OS. The summed E-state index contributed by atoms with van der Waals surface area (Å²) in [5, 5.41) is 0.484. The van der Waals surface area contributed by atoms with E-state index in [1.807, 2.05) is 13.8 Å². The Hall–Kier alpha value is -2.15. The highest BCUT2D eigenvalue weighted by Gasteiger charge is 2.14. The largest absolute Gasteiger partial charge is 0.384 e. The quantitative estimate of drug-likeness (QED) is 0.649. The van der Waals surface area contributed by atoms with Crippen LogP contribution in [0.3, 0.4) is 0 Å². The number of halogens is 1. The molecule has 0 fully saturated rings. The SMILES string of the molecule is CCN(Cc1cccc(F)c1)C(=O)CSc1nc(C)cc(N)n1. The van der Waals surface area contributed by atoms with E-state index in [4.69, 9.17) is 5.73 Å². The molecular weight excluding hydrogens is 315 g/mol. The first-order valence-electron chi connectivity index (χ1n) is 7.24. The van der Waals surface area contributed by atoms with Crippen molar-refractivity contribution in [3.63, 3.8) is 0 Å². The molecule has 2 N–H and O–H groups in total. The molecule has 23 heavy (non-hydrogen) atoms. The standard InChI is InChI=1S/C16H19FN4OS/c1-3-21(9-12-5-4-6-13(17)8-12)15(22)10-23-16-19-11(2)7-14(18)20-16/h4-8H,3,9-10H2,1-2H3,(H2,18,19,20). The van der Waals surface area contributed by atoms with Crippen LogP contribution in [0.5, 0.6) is 0 Å². The molecule has 0 aliphatic heterocycles. The van der Waals surface area contributed by atoms with Crippen molar-refractivity contribution < 1.29 is 9.18 Å². The lowest BCUT2D eigenvalue weighted by Crippen LogP contribution is -2.31. The number of aryl methyl sites for hydroxylation is 1. The van der Waals surface area contributed by atoms with Gasteiger partial charge < -0.3 is 10.6 Å². The van der Waals surface area contributed by atoms with E-state index in [-0.39, 0.29) is 17.5 Å². The van der Waals surface area contributed by atoms with Gasteiger partial charge in [0.25, 0.3) is 0 Å². The van der Waals surface area contributed by atoms with E-state index >= 15 is 0 Å². The number of nitrogens with two attached hydrogens (primary N) is 1. The number of hydrogen-bond acceptors (Lipinski definition) is 5. The van der Waals surface area contributed by atoms with Crippen molar-refractivity contribution >= 4 is 23.5 Å². The van der Waals surface area contributed by atoms with Crippen molar-refractivity contribution in [2.75, 3.05) is 18.0 Å². The first-order chi connectivity index (χ1) is 11.0. The summed E-state index contributed by atoms with van der Waals surface area (Å²) >= 11 is 1.25. The van der Waals surface area contributed by atoms with Crippen LogP contribution < -0.4 is 5.73 Å². The van der Waals surface area contributed by atoms with Crippen molar-refractivity contribution in [2.45, 2.75) is 25.5 Å². The molecule has 0 aliphatic rings. The number of rotatable bonds is 6. The molecule has 122 valence electrons. The third kappa shape index (κ3) is 5.21. The molecule has 0 radical (unpaired) electrons. The molecule has 2 aromatic rings. The Morgan fingerprint density at radius 1 is 1.35 bits per heavy atom. The maximum absolute atomic E-state index is 13.2. The lowest BCUT2D eigenvalue weighted by atomic mass is 10.2. The van der Waals surface area contributed by atoms with Crippen LogP contribution in [-0.4, -0.2) is 33.1 Å². The van der Waals surface area contributed by atoms with Crippen LogP contribution in [0.15, 0.2) is 35.5 Å². The molecule has 0 spiro atoms. The molecule has 1 aromatic carbocycles. The van der Waals surface area contributed by atoms with E-state index in [0.717, 1.165) is 11.3 Å². The summed E-state index contributed by atoms with van der Waals surface area (Å²) in [6.45, 7) is 4.65. The Morgan fingerprint density at radius 3 is 2.78 bits per heavy atom. The third-order valence-corrected chi connectivity index (χ3v) is 4.01. The van der Waals surface area contributed by atoms with E-state index in [1.54, 1.807) is 23.1 Å². The Balaban J connectivity index is 1.97. The van der Waals surface area contributed by atoms with Gasteiger partial charge in [-0.2, -0.15) is 0 Å². The molecule has 0 saturated heterocycles. The van der Waals surface area contributed by atoms with E-state index in [9.17, 15) is 9.18 Å². The zero-order valence-electron chi connectivity index (χ0n) is 13.1. The third-order valence-electron chi connectivity index (χ3n) is 3.18. The summed E-state index contributed by atoms with van der Waals surface area (Å²) in [6.07, 6.45) is 0. The van der Waals surface area contributed by atoms with Crippen LogP contribution >= 0.6 is 11.8 Å². The maximum Gasteiger partial charge on any atom is 0.233 e. The summed E-state index contributed by atoms with van der Waals surface area (Å²) in [6, 6.07) is 7.94. The molecule has 5 nitrogen and oxygen atoms in total. The summed E-state index contributed by atoms with van der Waals surface area (Å²) in [7, 11) is 0. The van der Waals surface area contributed by atoms with Gasteiger partial charge in [-0.1, -0.05) is 23.9 Å². The van der Waals surface area contributed by atoms with E-state index in [0.29, 0.717) is 24.1 Å². The minimum absolute atomic E-state index is 0.0505. The average Bonchev–Trinajstić information content (AvgIpc) is 2.49. The van der Waals surface area contributed by atoms with Gasteiger partial charge in [-0.15, -0.1) is 0 Å². The normalized spacial score (nSPS) is 10.6. The molecule has 1 aromatic heterocycles. The summed E-state index contributed by atoms with van der Waals surface area (Å²) in [5.41, 5.74) is 7.20. The molecule has 1 heterocycles. The van der Waals surface area contributed by atoms with E-state index in [2.05, 4.69) is 9.97 Å². The molecule has 7 heteroatoms. The molecule has 0 bridgehead atoms. The van der Waals surface area contributed by atoms with Crippen molar-refractivity contribution in [2.24, 2.45) is 0 Å². The second-order valence-electron chi connectivity index (χ2n) is 5.04. The van der Waals surface area contributed by atoms with Gasteiger partial charge in [0.2, 0.25) is 5.91 Å². The second-order valence-corrected chi connectivity index (χ2v) is 5.99. The number of aromatic nitrogens is 2. The van der Waals surface area contributed by atoms with Crippen LogP contribution in [0, 0.1) is 12.7 Å². The van der Waals surface area contributed by atoms with Gasteiger partial charge in [0.15, 0.2) is 5.16 Å². The van der Waals surface area contributed by atoms with Gasteiger partial charge in [-0.05, 0) is 31.5 Å². The van der Waals surface area contributed by atoms with E-state index < -0.39 is 0 Å². The zero-order valence-corrected chi connectivity index (χ0v) is 13.9. The number of hydrogen-bond donors (Lipinski definition) is 1. The van der Waals surface area contributed by atoms with Gasteiger partial charge in [0, 0.05) is 24.8 Å². The van der Waals surface area contributed by atoms with Crippen molar-refractivity contribution in [3.05, 3.63) is 47.4 Å². The lowest BCUT2D eigenvalue weighted by Gasteiger charge is -2.20. The highest BCUT2D eigenvalue weighted by Crippen LogP contribution is 2.16. The number of nitrogen functional groups attached to an aromatic ring is 1. The minimum atomic E-state index is -0.302. The molecule has 2 rings (SSSR count). The number of anilines is 1. The Labute approximate surface area is 139 Å². The van der Waals surface area contributed by atoms with Gasteiger partial charge >= 0.3 is 0 Å². The minimum Gasteiger partial charge on any atom is -0.384 e. The predicted octanol–water partition coefficient (Wildman–Crippen LogP) is 2.65. The smallest absolute Gasteiger partial charge is 0.233 e. The van der Waals surface area contributed by atoms with Crippen molar-refractivity contribution in [3.8, 4) is 0 Å². The summed E-state index contributed by atoms with van der Waals surface area (Å²) in [5.74, 6) is 0.250. The number of amides is 1. The molecule has 1 amide bonds. The van der Waals surface area contributed by atoms with Gasteiger partial charge in [-0.3, -0.25) is 4.79 Å². The zero-order chi connectivity index (χ0) is 16.8.